The number of ether oxygens (including phenoxy) is 1. The number of hydrogen-bond donors (Lipinski definition) is 2. The first kappa shape index (κ1) is 17.9. The predicted molar refractivity (Wildman–Crippen MR) is 86.2 cm³/mol. The maximum absolute atomic E-state index is 13.0. The maximum atomic E-state index is 13.0. The molecule has 0 aliphatic carbocycles. The Morgan fingerprint density at radius 3 is 2.29 bits per heavy atom. The molecule has 0 bridgehead atoms. The lowest BCUT2D eigenvalue weighted by Crippen LogP contribution is -2.47. The second-order valence-electron chi connectivity index (χ2n) is 4.78. The fraction of sp³-hybridized carbons (Fsp3) is 0.125. The summed E-state index contributed by atoms with van der Waals surface area (Å²) >= 11 is 3.06. The fourth-order valence-electron chi connectivity index (χ4n) is 1.73. The Hall–Kier alpha value is -2.48. The zero-order valence-corrected chi connectivity index (χ0v) is 14.1. The summed E-state index contributed by atoms with van der Waals surface area (Å²) in [6.45, 7) is 1.47. The SMILES string of the molecule is CC(Oc1ccc(F)cc1)C(=O)NNC(=O)c1ccc(F)cc1Br. The van der Waals surface area contributed by atoms with E-state index in [1.54, 1.807) is 0 Å². The van der Waals surface area contributed by atoms with Crippen LogP contribution in [0, 0.1) is 11.6 Å². The zero-order chi connectivity index (χ0) is 17.7. The van der Waals surface area contributed by atoms with E-state index in [2.05, 4.69) is 26.8 Å². The van der Waals surface area contributed by atoms with Gasteiger partial charge in [-0.3, -0.25) is 20.4 Å². The van der Waals surface area contributed by atoms with Crippen LogP contribution in [0.2, 0.25) is 0 Å². The van der Waals surface area contributed by atoms with E-state index >= 15 is 0 Å². The van der Waals surface area contributed by atoms with Gasteiger partial charge in [0.05, 0.1) is 5.56 Å². The van der Waals surface area contributed by atoms with Crippen LogP contribution in [-0.4, -0.2) is 17.9 Å². The molecular formula is C16H13BrF2N2O3. The minimum Gasteiger partial charge on any atom is -0.481 e. The second-order valence-corrected chi connectivity index (χ2v) is 5.64. The molecule has 0 saturated heterocycles. The summed E-state index contributed by atoms with van der Waals surface area (Å²) in [5, 5.41) is 0. The highest BCUT2D eigenvalue weighted by atomic mass is 79.9. The molecule has 2 N–H and O–H groups in total. The van der Waals surface area contributed by atoms with Crippen LogP contribution in [0.5, 0.6) is 5.75 Å². The number of hydrazine groups is 1. The Labute approximate surface area is 145 Å². The summed E-state index contributed by atoms with van der Waals surface area (Å²) in [7, 11) is 0. The summed E-state index contributed by atoms with van der Waals surface area (Å²) < 4.78 is 31.4. The highest BCUT2D eigenvalue weighted by molar-refractivity contribution is 9.10. The number of carbonyl (C=O) groups is 2. The molecule has 0 fully saturated rings. The van der Waals surface area contributed by atoms with Crippen LogP contribution in [0.3, 0.4) is 0 Å². The zero-order valence-electron chi connectivity index (χ0n) is 12.5. The first-order chi connectivity index (χ1) is 11.4. The van der Waals surface area contributed by atoms with Crippen LogP contribution in [0.1, 0.15) is 17.3 Å². The molecule has 8 heteroatoms. The standard InChI is InChI=1S/C16H13BrF2N2O3/c1-9(24-12-5-2-10(18)3-6-12)15(22)20-21-16(23)13-7-4-11(19)8-14(13)17/h2-9H,1H3,(H,20,22)(H,21,23). The highest BCUT2D eigenvalue weighted by Gasteiger charge is 2.17. The third-order valence-electron chi connectivity index (χ3n) is 2.97. The van der Waals surface area contributed by atoms with Crippen molar-refractivity contribution in [1.82, 2.24) is 10.9 Å². The lowest BCUT2D eigenvalue weighted by atomic mass is 10.2. The van der Waals surface area contributed by atoms with Gasteiger partial charge in [0.25, 0.3) is 11.8 Å². The largest absolute Gasteiger partial charge is 0.481 e. The molecule has 5 nitrogen and oxygen atoms in total. The first-order valence-corrected chi connectivity index (χ1v) is 7.63. The molecule has 0 saturated carbocycles. The van der Waals surface area contributed by atoms with E-state index in [9.17, 15) is 18.4 Å². The minimum atomic E-state index is -0.924. The third kappa shape index (κ3) is 4.76. The lowest BCUT2D eigenvalue weighted by Gasteiger charge is -2.15. The number of carbonyl (C=O) groups excluding carboxylic acids is 2. The van der Waals surface area contributed by atoms with Crippen LogP contribution in [0.4, 0.5) is 8.78 Å². The van der Waals surface area contributed by atoms with E-state index in [-0.39, 0.29) is 10.0 Å². The molecule has 0 aliphatic heterocycles. The molecule has 0 aromatic heterocycles. The molecule has 126 valence electrons. The van der Waals surface area contributed by atoms with Gasteiger partial charge in [-0.2, -0.15) is 0 Å². The van der Waals surface area contributed by atoms with Gasteiger partial charge in [0.2, 0.25) is 0 Å². The van der Waals surface area contributed by atoms with Crippen molar-refractivity contribution in [1.29, 1.82) is 0 Å². The van der Waals surface area contributed by atoms with Crippen molar-refractivity contribution in [2.75, 3.05) is 0 Å². The summed E-state index contributed by atoms with van der Waals surface area (Å²) in [5.41, 5.74) is 4.56. The van der Waals surface area contributed by atoms with Crippen molar-refractivity contribution >= 4 is 27.7 Å². The van der Waals surface area contributed by atoms with Crippen LogP contribution in [0.25, 0.3) is 0 Å². The van der Waals surface area contributed by atoms with Gasteiger partial charge in [-0.05, 0) is 65.3 Å². The summed E-state index contributed by atoms with van der Waals surface area (Å²) in [5.74, 6) is -1.83. The molecular weight excluding hydrogens is 386 g/mol. The van der Waals surface area contributed by atoms with Crippen molar-refractivity contribution in [3.05, 3.63) is 64.1 Å². The highest BCUT2D eigenvalue weighted by Crippen LogP contribution is 2.17. The fourth-order valence-corrected chi connectivity index (χ4v) is 2.26. The summed E-state index contributed by atoms with van der Waals surface area (Å²) in [6, 6.07) is 8.71. The summed E-state index contributed by atoms with van der Waals surface area (Å²) in [6.07, 6.45) is -0.924. The molecule has 2 aromatic rings. The number of rotatable bonds is 4. The predicted octanol–water partition coefficient (Wildman–Crippen LogP) is 2.96. The molecule has 0 aliphatic rings. The Balaban J connectivity index is 1.89. The van der Waals surface area contributed by atoms with E-state index in [1.807, 2.05) is 0 Å². The summed E-state index contributed by atoms with van der Waals surface area (Å²) in [4.78, 5) is 23.8. The third-order valence-corrected chi connectivity index (χ3v) is 3.63. The number of hydrogen-bond acceptors (Lipinski definition) is 3. The molecule has 0 radical (unpaired) electrons. The van der Waals surface area contributed by atoms with Gasteiger partial charge in [0, 0.05) is 4.47 Å². The van der Waals surface area contributed by atoms with Crippen LogP contribution >= 0.6 is 15.9 Å². The molecule has 1 atom stereocenters. The smallest absolute Gasteiger partial charge is 0.279 e. The molecule has 2 rings (SSSR count). The maximum Gasteiger partial charge on any atom is 0.279 e. The number of benzene rings is 2. The van der Waals surface area contributed by atoms with Gasteiger partial charge >= 0.3 is 0 Å². The Morgan fingerprint density at radius 1 is 1.04 bits per heavy atom. The Kier molecular flexibility index (Phi) is 5.86. The van der Waals surface area contributed by atoms with Crippen LogP contribution in [-0.2, 0) is 4.79 Å². The monoisotopic (exact) mass is 398 g/mol. The van der Waals surface area contributed by atoms with E-state index in [0.29, 0.717) is 5.75 Å². The normalized spacial score (nSPS) is 11.5. The van der Waals surface area contributed by atoms with Gasteiger partial charge < -0.3 is 4.74 Å². The molecule has 2 amide bonds. The molecule has 1 unspecified atom stereocenters. The first-order valence-electron chi connectivity index (χ1n) is 6.84. The second kappa shape index (κ2) is 7.87. The lowest BCUT2D eigenvalue weighted by molar-refractivity contribution is -0.128. The number of amides is 2. The van der Waals surface area contributed by atoms with Crippen molar-refractivity contribution in [2.45, 2.75) is 13.0 Å². The van der Waals surface area contributed by atoms with Gasteiger partial charge in [-0.25, -0.2) is 8.78 Å². The molecule has 24 heavy (non-hydrogen) atoms. The number of nitrogens with one attached hydrogen (secondary N) is 2. The van der Waals surface area contributed by atoms with Gasteiger partial charge in [-0.1, -0.05) is 0 Å². The van der Waals surface area contributed by atoms with Crippen LogP contribution < -0.4 is 15.6 Å². The van der Waals surface area contributed by atoms with Crippen molar-refractivity contribution in [3.63, 3.8) is 0 Å². The van der Waals surface area contributed by atoms with E-state index in [4.69, 9.17) is 4.74 Å². The minimum absolute atomic E-state index is 0.156. The average Bonchev–Trinajstić information content (AvgIpc) is 2.54. The molecule has 0 spiro atoms. The average molecular weight is 399 g/mol. The molecule has 0 heterocycles. The quantitative estimate of drug-likeness (QED) is 0.778. The van der Waals surface area contributed by atoms with Gasteiger partial charge in [-0.15, -0.1) is 0 Å². The van der Waals surface area contributed by atoms with E-state index in [1.165, 1.54) is 37.3 Å². The molecule has 2 aromatic carbocycles. The van der Waals surface area contributed by atoms with Crippen molar-refractivity contribution < 1.29 is 23.1 Å². The van der Waals surface area contributed by atoms with E-state index < -0.39 is 29.6 Å². The number of halogens is 3. The Bertz CT molecular complexity index is 753. The van der Waals surface area contributed by atoms with E-state index in [0.717, 1.165) is 12.1 Å². The van der Waals surface area contributed by atoms with Crippen LogP contribution in [0.15, 0.2) is 46.9 Å². The van der Waals surface area contributed by atoms with Gasteiger partial charge in [0.1, 0.15) is 17.4 Å². The van der Waals surface area contributed by atoms with Crippen molar-refractivity contribution in [2.24, 2.45) is 0 Å². The topological polar surface area (TPSA) is 67.4 Å². The van der Waals surface area contributed by atoms with Gasteiger partial charge in [0.15, 0.2) is 6.10 Å². The Morgan fingerprint density at radius 2 is 1.67 bits per heavy atom. The van der Waals surface area contributed by atoms with Crippen molar-refractivity contribution in [3.8, 4) is 5.75 Å².